The van der Waals surface area contributed by atoms with Crippen molar-refractivity contribution < 1.29 is 9.47 Å². The van der Waals surface area contributed by atoms with Crippen LogP contribution in [0, 0.1) is 0 Å². The highest BCUT2D eigenvalue weighted by Gasteiger charge is 2.25. The number of halogens is 3. The van der Waals surface area contributed by atoms with Crippen LogP contribution in [-0.4, -0.2) is 45.3 Å². The van der Waals surface area contributed by atoms with Crippen LogP contribution in [0.4, 0.5) is 0 Å². The molecule has 0 unspecified atom stereocenters. The molecular weight excluding hydrogens is 427 g/mol. The van der Waals surface area contributed by atoms with E-state index in [2.05, 4.69) is 39.1 Å². The van der Waals surface area contributed by atoms with Gasteiger partial charge >= 0.3 is 0 Å². The van der Waals surface area contributed by atoms with Crippen LogP contribution in [0.15, 0.2) is 16.6 Å². The summed E-state index contributed by atoms with van der Waals surface area (Å²) in [6.07, 6.45) is 4.93. The first-order valence-electron chi connectivity index (χ1n) is 8.57. The highest BCUT2D eigenvalue weighted by molar-refractivity contribution is 9.10. The lowest BCUT2D eigenvalue weighted by atomic mass is 9.97. The van der Waals surface area contributed by atoms with Crippen LogP contribution in [0.3, 0.4) is 0 Å². The number of methoxy groups -OCH3 is 2. The normalized spacial score (nSPS) is 15.7. The van der Waals surface area contributed by atoms with E-state index in [-0.39, 0.29) is 24.8 Å². The molecule has 25 heavy (non-hydrogen) atoms. The number of piperazine rings is 1. The van der Waals surface area contributed by atoms with Gasteiger partial charge in [-0.2, -0.15) is 0 Å². The summed E-state index contributed by atoms with van der Waals surface area (Å²) >= 11 is 3.56. The van der Waals surface area contributed by atoms with Crippen molar-refractivity contribution in [1.29, 1.82) is 0 Å². The van der Waals surface area contributed by atoms with Gasteiger partial charge < -0.3 is 14.8 Å². The van der Waals surface area contributed by atoms with Gasteiger partial charge in [-0.3, -0.25) is 4.90 Å². The Hall–Kier alpha value is -0.200. The first kappa shape index (κ1) is 24.8. The average molecular weight is 458 g/mol. The van der Waals surface area contributed by atoms with Crippen molar-refractivity contribution >= 4 is 40.7 Å². The van der Waals surface area contributed by atoms with Gasteiger partial charge in [-0.1, -0.05) is 26.2 Å². The Morgan fingerprint density at radius 1 is 1.08 bits per heavy atom. The Labute approximate surface area is 173 Å². The molecule has 0 aromatic heterocycles. The van der Waals surface area contributed by atoms with Crippen molar-refractivity contribution in [3.8, 4) is 11.5 Å². The molecule has 1 atom stereocenters. The van der Waals surface area contributed by atoms with Crippen molar-refractivity contribution in [1.82, 2.24) is 10.2 Å². The van der Waals surface area contributed by atoms with Crippen LogP contribution in [0.25, 0.3) is 0 Å². The number of nitrogens with one attached hydrogen (secondary N) is 1. The zero-order valence-electron chi connectivity index (χ0n) is 15.3. The summed E-state index contributed by atoms with van der Waals surface area (Å²) < 4.78 is 12.1. The van der Waals surface area contributed by atoms with E-state index in [9.17, 15) is 0 Å². The molecule has 1 heterocycles. The van der Waals surface area contributed by atoms with Gasteiger partial charge in [0.05, 0.1) is 18.7 Å². The standard InChI is InChI=1S/C18H29BrN2O2.2ClH/c1-4-5-6-7-16(21-10-8-20-9-11-21)14-12-18(23-3)15(19)13-17(14)22-2;;/h12-13,16,20H,4-11H2,1-3H3;2*1H/t16-;;/m0../s1. The molecule has 0 spiro atoms. The minimum atomic E-state index is 0. The Morgan fingerprint density at radius 2 is 1.72 bits per heavy atom. The molecular formula is C18H31BrCl2N2O2. The zero-order chi connectivity index (χ0) is 16.7. The van der Waals surface area contributed by atoms with Gasteiger partial charge in [0.1, 0.15) is 11.5 Å². The summed E-state index contributed by atoms with van der Waals surface area (Å²) in [4.78, 5) is 2.58. The number of benzene rings is 1. The largest absolute Gasteiger partial charge is 0.496 e. The first-order chi connectivity index (χ1) is 11.2. The smallest absolute Gasteiger partial charge is 0.133 e. The van der Waals surface area contributed by atoms with Crippen molar-refractivity contribution in [2.75, 3.05) is 40.4 Å². The van der Waals surface area contributed by atoms with Crippen LogP contribution in [0.2, 0.25) is 0 Å². The van der Waals surface area contributed by atoms with Crippen LogP contribution in [-0.2, 0) is 0 Å². The van der Waals surface area contributed by atoms with Crippen molar-refractivity contribution in [2.45, 2.75) is 38.6 Å². The van der Waals surface area contributed by atoms with E-state index in [1.54, 1.807) is 14.2 Å². The maximum atomic E-state index is 5.68. The van der Waals surface area contributed by atoms with Gasteiger partial charge in [0.2, 0.25) is 0 Å². The maximum absolute atomic E-state index is 5.68. The number of ether oxygens (including phenoxy) is 2. The number of nitrogens with zero attached hydrogens (tertiary/aromatic N) is 1. The lowest BCUT2D eigenvalue weighted by Gasteiger charge is -2.36. The van der Waals surface area contributed by atoms with Crippen LogP contribution < -0.4 is 14.8 Å². The third-order valence-electron chi connectivity index (χ3n) is 4.54. The van der Waals surface area contributed by atoms with E-state index in [1.165, 1.54) is 24.8 Å². The molecule has 1 N–H and O–H groups in total. The molecule has 0 aliphatic carbocycles. The molecule has 1 fully saturated rings. The molecule has 1 aliphatic heterocycles. The summed E-state index contributed by atoms with van der Waals surface area (Å²) in [6, 6.07) is 4.56. The molecule has 1 saturated heterocycles. The summed E-state index contributed by atoms with van der Waals surface area (Å²) in [5.74, 6) is 1.81. The molecule has 0 radical (unpaired) electrons. The summed E-state index contributed by atoms with van der Waals surface area (Å²) in [7, 11) is 3.46. The van der Waals surface area contributed by atoms with Gasteiger partial charge in [0.15, 0.2) is 0 Å². The van der Waals surface area contributed by atoms with Gasteiger partial charge in [0, 0.05) is 37.8 Å². The van der Waals surface area contributed by atoms with Gasteiger partial charge in [-0.25, -0.2) is 0 Å². The number of unbranched alkanes of at least 4 members (excludes halogenated alkanes) is 2. The highest BCUT2D eigenvalue weighted by Crippen LogP contribution is 2.39. The third kappa shape index (κ3) is 6.79. The fourth-order valence-electron chi connectivity index (χ4n) is 3.26. The fraction of sp³-hybridized carbons (Fsp3) is 0.667. The van der Waals surface area contributed by atoms with Crippen LogP contribution in [0.1, 0.15) is 44.2 Å². The number of rotatable bonds is 8. The minimum Gasteiger partial charge on any atom is -0.496 e. The molecule has 0 bridgehead atoms. The van der Waals surface area contributed by atoms with E-state index < -0.39 is 0 Å². The Bertz CT molecular complexity index is 500. The lowest BCUT2D eigenvalue weighted by molar-refractivity contribution is 0.159. The summed E-state index contributed by atoms with van der Waals surface area (Å²) in [5, 5.41) is 3.44. The molecule has 1 aromatic carbocycles. The van der Waals surface area contributed by atoms with Crippen molar-refractivity contribution in [3.63, 3.8) is 0 Å². The Balaban J connectivity index is 0.00000288. The average Bonchev–Trinajstić information content (AvgIpc) is 2.59. The molecule has 0 amide bonds. The second kappa shape index (κ2) is 13.0. The maximum Gasteiger partial charge on any atom is 0.133 e. The number of hydrogen-bond donors (Lipinski definition) is 1. The molecule has 4 nitrogen and oxygen atoms in total. The Kier molecular flexibility index (Phi) is 12.9. The van der Waals surface area contributed by atoms with Gasteiger partial charge in [-0.15, -0.1) is 24.8 Å². The molecule has 2 rings (SSSR count). The molecule has 0 saturated carbocycles. The van der Waals surface area contributed by atoms with E-state index in [0.717, 1.165) is 48.6 Å². The van der Waals surface area contributed by atoms with E-state index in [1.807, 2.05) is 6.07 Å². The van der Waals surface area contributed by atoms with Crippen molar-refractivity contribution in [2.24, 2.45) is 0 Å². The van der Waals surface area contributed by atoms with Crippen molar-refractivity contribution in [3.05, 3.63) is 22.2 Å². The van der Waals surface area contributed by atoms with Gasteiger partial charge in [-0.05, 0) is 34.5 Å². The molecule has 7 heteroatoms. The lowest BCUT2D eigenvalue weighted by Crippen LogP contribution is -2.45. The second-order valence-corrected chi connectivity index (χ2v) is 6.88. The molecule has 146 valence electrons. The zero-order valence-corrected chi connectivity index (χ0v) is 18.6. The highest BCUT2D eigenvalue weighted by atomic mass is 79.9. The van der Waals surface area contributed by atoms with Gasteiger partial charge in [0.25, 0.3) is 0 Å². The van der Waals surface area contributed by atoms with E-state index >= 15 is 0 Å². The van der Waals surface area contributed by atoms with E-state index in [0.29, 0.717) is 6.04 Å². The SMILES string of the molecule is CCCCC[C@@H](c1cc(OC)c(Br)cc1OC)N1CCNCC1.Cl.Cl. The summed E-state index contributed by atoms with van der Waals surface area (Å²) in [6.45, 7) is 6.53. The number of hydrogen-bond acceptors (Lipinski definition) is 4. The predicted octanol–water partition coefficient (Wildman–Crippen LogP) is 4.84. The first-order valence-corrected chi connectivity index (χ1v) is 9.36. The minimum absolute atomic E-state index is 0. The second-order valence-electron chi connectivity index (χ2n) is 6.03. The summed E-state index contributed by atoms with van der Waals surface area (Å²) in [5.41, 5.74) is 1.24. The Morgan fingerprint density at radius 3 is 2.28 bits per heavy atom. The van der Waals surface area contributed by atoms with Crippen LogP contribution >= 0.6 is 40.7 Å². The van der Waals surface area contributed by atoms with Crippen LogP contribution in [0.5, 0.6) is 11.5 Å². The topological polar surface area (TPSA) is 33.7 Å². The third-order valence-corrected chi connectivity index (χ3v) is 5.16. The fourth-order valence-corrected chi connectivity index (χ4v) is 3.74. The predicted molar refractivity (Wildman–Crippen MR) is 113 cm³/mol. The molecule has 1 aliphatic rings. The quantitative estimate of drug-likeness (QED) is 0.566. The molecule has 1 aromatic rings. The monoisotopic (exact) mass is 456 g/mol. The van der Waals surface area contributed by atoms with E-state index in [4.69, 9.17) is 9.47 Å².